The molecule has 0 saturated heterocycles. The van der Waals surface area contributed by atoms with Gasteiger partial charge in [-0.1, -0.05) is 159 Å². The van der Waals surface area contributed by atoms with Crippen LogP contribution in [0.5, 0.6) is 11.5 Å². The average Bonchev–Trinajstić information content (AvgIpc) is 3.83. The van der Waals surface area contributed by atoms with Gasteiger partial charge in [0.15, 0.2) is 0 Å². The van der Waals surface area contributed by atoms with Gasteiger partial charge < -0.3 is 14.4 Å². The molecule has 1 N–H and O–H groups in total. The minimum absolute atomic E-state index is 0. The van der Waals surface area contributed by atoms with Crippen LogP contribution in [0.4, 0.5) is 0 Å². The van der Waals surface area contributed by atoms with Crippen molar-refractivity contribution in [2.75, 3.05) is 0 Å². The van der Waals surface area contributed by atoms with Gasteiger partial charge >= 0.3 is 0 Å². The number of fused-ring (bicyclic) bond motifs is 5. The molecule has 9 aromatic rings. The molecular weight excluding hydrogens is 1000 g/mol. The molecule has 0 atom stereocenters. The Morgan fingerprint density at radius 3 is 1.93 bits per heavy atom. The zero-order valence-electron chi connectivity index (χ0n) is 40.7. The van der Waals surface area contributed by atoms with Crippen LogP contribution in [0, 0.1) is 6.07 Å². The van der Waals surface area contributed by atoms with Crippen molar-refractivity contribution in [1.82, 2.24) is 19.1 Å². The number of hydrogen-bond donors (Lipinski definition) is 1. The van der Waals surface area contributed by atoms with E-state index in [9.17, 15) is 5.11 Å². The summed E-state index contributed by atoms with van der Waals surface area (Å²) < 4.78 is 11.5. The summed E-state index contributed by atoms with van der Waals surface area (Å²) >= 11 is 0. The van der Waals surface area contributed by atoms with Crippen molar-refractivity contribution >= 4 is 22.1 Å². The van der Waals surface area contributed by atoms with Crippen LogP contribution in [0.3, 0.4) is 0 Å². The number of nitrogens with zero attached hydrogens (tertiary/aromatic N) is 4. The third-order valence-corrected chi connectivity index (χ3v) is 13.4. The van der Waals surface area contributed by atoms with Gasteiger partial charge in [0.05, 0.1) is 44.9 Å². The second-order valence-corrected chi connectivity index (χ2v) is 21.7. The number of imidazole rings is 2. The zero-order valence-corrected chi connectivity index (χ0v) is 42.9. The van der Waals surface area contributed by atoms with Crippen molar-refractivity contribution in [3.63, 3.8) is 0 Å². The number of phenols is 1. The minimum atomic E-state index is -0.597. The van der Waals surface area contributed by atoms with Gasteiger partial charge in [0, 0.05) is 44.8 Å². The van der Waals surface area contributed by atoms with Crippen LogP contribution in [0.15, 0.2) is 133 Å². The van der Waals surface area contributed by atoms with Crippen LogP contribution in [0.2, 0.25) is 0 Å². The summed E-state index contributed by atoms with van der Waals surface area (Å²) in [4.78, 5) is 10.9. The standard InChI is InChI=1S/C60H59N4O2.Pt/c1-57(2,3)38-29-30-49(42(33-38)36-21-14-13-15-22-36)64-51-28-20-24-40(52(51)62-56(64)44-34-39(58(4,5)6)35-47(53(44)65)59(7,8)9)37-31-43-41-23-16-17-25-46(41)60(10,11)66-54(43)45(32-37)55-61-48-26-18-19-27-50(48)63(55)12;/h13-31,33-35,65H,1-12H3;/q-1;. The molecule has 3 heterocycles. The third-order valence-electron chi connectivity index (χ3n) is 13.4. The normalized spacial score (nSPS) is 13.6. The Bertz CT molecular complexity index is 3390. The summed E-state index contributed by atoms with van der Waals surface area (Å²) in [6, 6.07) is 51.0. The molecule has 2 aromatic heterocycles. The number of aryl methyl sites for hydroxylation is 1. The smallest absolute Gasteiger partial charge is 0.148 e. The first-order chi connectivity index (χ1) is 31.2. The number of hydrogen-bond acceptors (Lipinski definition) is 4. The largest absolute Gasteiger partial charge is 0.518 e. The van der Waals surface area contributed by atoms with Crippen molar-refractivity contribution < 1.29 is 30.9 Å². The number of rotatable bonds is 5. The molecule has 342 valence electrons. The second kappa shape index (κ2) is 16.2. The van der Waals surface area contributed by atoms with Gasteiger partial charge in [-0.15, -0.1) is 17.7 Å². The van der Waals surface area contributed by atoms with Crippen LogP contribution < -0.4 is 4.74 Å². The van der Waals surface area contributed by atoms with Gasteiger partial charge in [-0.25, -0.2) is 4.98 Å². The molecule has 1 aliphatic heterocycles. The number of benzene rings is 7. The molecule has 0 bridgehead atoms. The van der Waals surface area contributed by atoms with E-state index < -0.39 is 5.60 Å². The number of phenolic OH excluding ortho intramolecular Hbond substituents is 1. The van der Waals surface area contributed by atoms with E-state index in [0.29, 0.717) is 11.4 Å². The van der Waals surface area contributed by atoms with Gasteiger partial charge in [-0.3, -0.25) is 9.55 Å². The van der Waals surface area contributed by atoms with E-state index in [2.05, 4.69) is 220 Å². The Morgan fingerprint density at radius 2 is 1.22 bits per heavy atom. The molecule has 0 aliphatic carbocycles. The van der Waals surface area contributed by atoms with E-state index in [4.69, 9.17) is 14.7 Å². The van der Waals surface area contributed by atoms with Gasteiger partial charge in [-0.2, -0.15) is 0 Å². The van der Waals surface area contributed by atoms with E-state index in [-0.39, 0.29) is 43.1 Å². The third kappa shape index (κ3) is 7.81. The molecule has 0 fully saturated rings. The summed E-state index contributed by atoms with van der Waals surface area (Å²) in [6.07, 6.45) is 0. The average molecular weight is 1060 g/mol. The molecule has 67 heavy (non-hydrogen) atoms. The molecule has 1 aliphatic rings. The van der Waals surface area contributed by atoms with Gasteiger partial charge in [0.1, 0.15) is 17.2 Å². The van der Waals surface area contributed by atoms with Crippen molar-refractivity contribution in [3.05, 3.63) is 162 Å². The summed E-state index contributed by atoms with van der Waals surface area (Å²) in [5, 5.41) is 12.6. The van der Waals surface area contributed by atoms with Gasteiger partial charge in [0.25, 0.3) is 0 Å². The van der Waals surface area contributed by atoms with Crippen molar-refractivity contribution in [2.24, 2.45) is 7.05 Å². The number of ether oxygens (including phenoxy) is 1. The van der Waals surface area contributed by atoms with E-state index >= 15 is 0 Å². The van der Waals surface area contributed by atoms with Crippen molar-refractivity contribution in [1.29, 1.82) is 0 Å². The van der Waals surface area contributed by atoms with Crippen molar-refractivity contribution in [2.45, 2.75) is 98.0 Å². The summed E-state index contributed by atoms with van der Waals surface area (Å²) in [7, 11) is 2.06. The first-order valence-electron chi connectivity index (χ1n) is 23.1. The SMILES string of the molecule is Cn1c(-c2[c-]c(-c3cccc4c3nc(-c3cc(C(C)(C)C)cc(C(C)(C)C)c3O)n4-c3ccc(C(C)(C)C)cc3-c3ccccc3)cc3c2OC(C)(C)c2ccccc2-3)nc2ccccc21.[Pt]. The Balaban J connectivity index is 0.00000562. The number of para-hydroxylation sites is 3. The van der Waals surface area contributed by atoms with E-state index in [1.165, 1.54) is 5.56 Å². The molecule has 7 aromatic carbocycles. The fourth-order valence-corrected chi connectivity index (χ4v) is 9.70. The molecule has 0 amide bonds. The topological polar surface area (TPSA) is 65.1 Å². The number of aromatic nitrogens is 4. The maximum Gasteiger partial charge on any atom is 0.148 e. The quantitative estimate of drug-likeness (QED) is 0.174. The molecule has 10 rings (SSSR count). The van der Waals surface area contributed by atoms with Crippen LogP contribution in [-0.2, 0) is 50.0 Å². The van der Waals surface area contributed by atoms with Crippen LogP contribution in [0.1, 0.15) is 98.4 Å². The number of aromatic hydroxyl groups is 1. The van der Waals surface area contributed by atoms with E-state index in [0.717, 1.165) is 95.0 Å². The fourth-order valence-electron chi connectivity index (χ4n) is 9.70. The predicted molar refractivity (Wildman–Crippen MR) is 273 cm³/mol. The first kappa shape index (κ1) is 45.9. The molecular formula is C60H59N4O2Pt-. The Morgan fingerprint density at radius 1 is 0.582 bits per heavy atom. The van der Waals surface area contributed by atoms with Crippen LogP contribution in [-0.4, -0.2) is 24.2 Å². The van der Waals surface area contributed by atoms with Gasteiger partial charge in [-0.05, 0) is 99.9 Å². The Labute approximate surface area is 410 Å². The van der Waals surface area contributed by atoms with E-state index in [1.54, 1.807) is 0 Å². The molecule has 0 spiro atoms. The second-order valence-electron chi connectivity index (χ2n) is 21.7. The summed E-state index contributed by atoms with van der Waals surface area (Å²) in [5.74, 6) is 2.43. The molecule has 0 radical (unpaired) electrons. The molecule has 0 unspecified atom stereocenters. The van der Waals surface area contributed by atoms with Gasteiger partial charge in [0.2, 0.25) is 0 Å². The Hall–Kier alpha value is -6.23. The maximum absolute atomic E-state index is 12.6. The van der Waals surface area contributed by atoms with Crippen LogP contribution in [0.25, 0.3) is 83.9 Å². The van der Waals surface area contributed by atoms with Crippen LogP contribution >= 0.6 is 0 Å². The minimum Gasteiger partial charge on any atom is -0.518 e. The predicted octanol–water partition coefficient (Wildman–Crippen LogP) is 15.3. The summed E-state index contributed by atoms with van der Waals surface area (Å²) in [5.41, 5.74) is 15.3. The fraction of sp³-hybridized carbons (Fsp3) is 0.267. The van der Waals surface area contributed by atoms with Crippen molar-refractivity contribution in [3.8, 4) is 73.3 Å². The van der Waals surface area contributed by atoms with E-state index in [1.807, 2.05) is 12.1 Å². The zero-order chi connectivity index (χ0) is 46.7. The molecule has 7 heteroatoms. The first-order valence-corrected chi connectivity index (χ1v) is 23.1. The monoisotopic (exact) mass is 1060 g/mol. The molecule has 6 nitrogen and oxygen atoms in total. The maximum atomic E-state index is 12.6. The summed E-state index contributed by atoms with van der Waals surface area (Å²) in [6.45, 7) is 24.2. The Kier molecular flexibility index (Phi) is 11.1. The molecule has 0 saturated carbocycles.